The highest BCUT2D eigenvalue weighted by Crippen LogP contribution is 2.35. The van der Waals surface area contributed by atoms with Gasteiger partial charge in [0.25, 0.3) is 5.56 Å². The molecule has 29 heavy (non-hydrogen) atoms. The predicted octanol–water partition coefficient (Wildman–Crippen LogP) is 4.71. The molecule has 1 aliphatic carbocycles. The maximum absolute atomic E-state index is 13.3. The predicted molar refractivity (Wildman–Crippen MR) is 119 cm³/mol. The number of aromatic nitrogens is 2. The van der Waals surface area contributed by atoms with E-state index >= 15 is 0 Å². The molecule has 0 saturated carbocycles. The van der Waals surface area contributed by atoms with Gasteiger partial charge in [-0.3, -0.25) is 14.2 Å². The zero-order valence-corrected chi connectivity index (χ0v) is 18.4. The first-order valence-electron chi connectivity index (χ1n) is 10.2. The molecule has 0 saturated heterocycles. The minimum Gasteiger partial charge on any atom is -0.324 e. The Morgan fingerprint density at radius 3 is 2.66 bits per heavy atom. The van der Waals surface area contributed by atoms with Crippen LogP contribution in [0.2, 0.25) is 0 Å². The van der Waals surface area contributed by atoms with Crippen LogP contribution < -0.4 is 10.9 Å². The van der Waals surface area contributed by atoms with Crippen molar-refractivity contribution in [3.05, 3.63) is 55.9 Å². The van der Waals surface area contributed by atoms with Crippen LogP contribution in [0, 0.1) is 26.7 Å². The molecule has 6 heteroatoms. The highest BCUT2D eigenvalue weighted by Gasteiger charge is 2.25. The average Bonchev–Trinajstić information content (AvgIpc) is 3.02. The molecule has 0 aliphatic heterocycles. The maximum atomic E-state index is 13.3. The summed E-state index contributed by atoms with van der Waals surface area (Å²) in [5, 5.41) is 3.73. The lowest BCUT2D eigenvalue weighted by Crippen LogP contribution is -2.32. The lowest BCUT2D eigenvalue weighted by atomic mass is 9.89. The summed E-state index contributed by atoms with van der Waals surface area (Å²) in [6.07, 6.45) is 4.54. The van der Waals surface area contributed by atoms with Gasteiger partial charge in [0.2, 0.25) is 5.91 Å². The van der Waals surface area contributed by atoms with Crippen molar-refractivity contribution in [1.82, 2.24) is 9.55 Å². The molecule has 0 unspecified atom stereocenters. The average molecular weight is 410 g/mol. The van der Waals surface area contributed by atoms with E-state index in [1.54, 1.807) is 18.3 Å². The number of rotatable bonds is 3. The van der Waals surface area contributed by atoms with Crippen LogP contribution in [-0.2, 0) is 17.6 Å². The molecule has 1 aromatic carbocycles. The summed E-state index contributed by atoms with van der Waals surface area (Å²) in [4.78, 5) is 32.8. The molecule has 0 bridgehead atoms. The number of fused-ring (bicyclic) bond motifs is 3. The number of hydrogen-bond acceptors (Lipinski definition) is 4. The Kier molecular flexibility index (Phi) is 5.07. The summed E-state index contributed by atoms with van der Waals surface area (Å²) in [5.41, 5.74) is 5.05. The summed E-state index contributed by atoms with van der Waals surface area (Å²) in [6.45, 7) is 10.0. The minimum absolute atomic E-state index is 0.109. The Morgan fingerprint density at radius 2 is 1.97 bits per heavy atom. The zero-order chi connectivity index (χ0) is 20.9. The minimum atomic E-state index is -0.641. The van der Waals surface area contributed by atoms with Crippen molar-refractivity contribution >= 4 is 33.1 Å². The van der Waals surface area contributed by atoms with Gasteiger partial charge in [-0.2, -0.15) is 0 Å². The maximum Gasteiger partial charge on any atom is 0.263 e. The van der Waals surface area contributed by atoms with Crippen molar-refractivity contribution in [2.45, 2.75) is 59.9 Å². The fourth-order valence-corrected chi connectivity index (χ4v) is 5.69. The van der Waals surface area contributed by atoms with Crippen molar-refractivity contribution in [3.63, 3.8) is 0 Å². The molecule has 2 aromatic heterocycles. The van der Waals surface area contributed by atoms with Crippen molar-refractivity contribution in [1.29, 1.82) is 0 Å². The van der Waals surface area contributed by atoms with Gasteiger partial charge >= 0.3 is 0 Å². The largest absolute Gasteiger partial charge is 0.324 e. The third kappa shape index (κ3) is 3.50. The van der Waals surface area contributed by atoms with Crippen LogP contribution in [-0.4, -0.2) is 15.5 Å². The molecule has 152 valence electrons. The molecule has 1 N–H and O–H groups in total. The number of hydrogen-bond donors (Lipinski definition) is 1. The van der Waals surface area contributed by atoms with Gasteiger partial charge < -0.3 is 5.32 Å². The monoisotopic (exact) mass is 409 g/mol. The SMILES string of the molecule is Cc1cc(C)c(NC(=O)[C@@H](C)n2cnc3sc4c(c3c2=O)CC[C@@H](C)C4)c(C)c1. The molecule has 1 aliphatic rings. The molecule has 0 fully saturated rings. The fraction of sp³-hybridized carbons (Fsp3) is 0.435. The van der Waals surface area contributed by atoms with Gasteiger partial charge in [-0.05, 0) is 69.6 Å². The zero-order valence-electron chi connectivity index (χ0n) is 17.6. The van der Waals surface area contributed by atoms with E-state index < -0.39 is 6.04 Å². The molecular weight excluding hydrogens is 382 g/mol. The van der Waals surface area contributed by atoms with Crippen molar-refractivity contribution in [3.8, 4) is 0 Å². The molecule has 4 rings (SSSR count). The van der Waals surface area contributed by atoms with E-state index in [9.17, 15) is 9.59 Å². The number of thiophene rings is 1. The van der Waals surface area contributed by atoms with Gasteiger partial charge in [-0.25, -0.2) is 4.98 Å². The van der Waals surface area contributed by atoms with Crippen LogP contribution in [0.3, 0.4) is 0 Å². The van der Waals surface area contributed by atoms with Gasteiger partial charge in [-0.15, -0.1) is 11.3 Å². The first kappa shape index (κ1) is 19.8. The second-order valence-electron chi connectivity index (χ2n) is 8.43. The van der Waals surface area contributed by atoms with Crippen molar-refractivity contribution < 1.29 is 4.79 Å². The van der Waals surface area contributed by atoms with Crippen LogP contribution in [0.25, 0.3) is 10.2 Å². The smallest absolute Gasteiger partial charge is 0.263 e. The first-order valence-corrected chi connectivity index (χ1v) is 11.0. The van der Waals surface area contributed by atoms with Crippen LogP contribution in [0.4, 0.5) is 5.69 Å². The molecular formula is C23H27N3O2S. The van der Waals surface area contributed by atoms with Crippen LogP contribution >= 0.6 is 11.3 Å². The van der Waals surface area contributed by atoms with Crippen LogP contribution in [0.1, 0.15) is 53.4 Å². The topological polar surface area (TPSA) is 64.0 Å². The normalized spacial score (nSPS) is 17.2. The third-order valence-electron chi connectivity index (χ3n) is 5.96. The van der Waals surface area contributed by atoms with E-state index in [1.165, 1.54) is 15.8 Å². The summed E-state index contributed by atoms with van der Waals surface area (Å²) in [7, 11) is 0. The highest BCUT2D eigenvalue weighted by atomic mass is 32.1. The summed E-state index contributed by atoms with van der Waals surface area (Å²) < 4.78 is 1.47. The van der Waals surface area contributed by atoms with Gasteiger partial charge in [0.05, 0.1) is 11.7 Å². The quantitative estimate of drug-likeness (QED) is 0.681. The first-order chi connectivity index (χ1) is 13.8. The standard InChI is InChI=1S/C23H27N3O2S/c1-12-6-7-17-18(10-12)29-22-19(17)23(28)26(11-24-22)16(5)21(27)25-20-14(3)8-13(2)9-15(20)4/h8-9,11-12,16H,6-7,10H2,1-5H3,(H,25,27)/t12-,16-/m1/s1. The third-order valence-corrected chi connectivity index (χ3v) is 7.13. The number of benzene rings is 1. The van der Waals surface area contributed by atoms with Crippen molar-refractivity contribution in [2.75, 3.05) is 5.32 Å². The summed E-state index contributed by atoms with van der Waals surface area (Å²) in [5.74, 6) is 0.435. The van der Waals surface area contributed by atoms with E-state index in [4.69, 9.17) is 0 Å². The van der Waals surface area contributed by atoms with E-state index in [0.717, 1.165) is 52.0 Å². The lowest BCUT2D eigenvalue weighted by molar-refractivity contribution is -0.118. The van der Waals surface area contributed by atoms with Crippen LogP contribution in [0.5, 0.6) is 0 Å². The van der Waals surface area contributed by atoms with Gasteiger partial charge in [0.1, 0.15) is 10.9 Å². The molecule has 0 spiro atoms. The van der Waals surface area contributed by atoms with E-state index in [2.05, 4.69) is 17.2 Å². The van der Waals surface area contributed by atoms with E-state index in [-0.39, 0.29) is 11.5 Å². The number of aryl methyl sites for hydroxylation is 4. The second-order valence-corrected chi connectivity index (χ2v) is 9.51. The number of nitrogens with zero attached hydrogens (tertiary/aromatic N) is 2. The molecule has 0 radical (unpaired) electrons. The Bertz CT molecular complexity index is 1150. The molecule has 2 atom stereocenters. The fourth-order valence-electron chi connectivity index (χ4n) is 4.35. The summed E-state index contributed by atoms with van der Waals surface area (Å²) >= 11 is 1.63. The molecule has 2 heterocycles. The highest BCUT2D eigenvalue weighted by molar-refractivity contribution is 7.18. The summed E-state index contributed by atoms with van der Waals surface area (Å²) in [6, 6.07) is 3.45. The lowest BCUT2D eigenvalue weighted by Gasteiger charge is -2.19. The Balaban J connectivity index is 1.69. The number of anilines is 1. The number of nitrogens with one attached hydrogen (secondary N) is 1. The van der Waals surface area contributed by atoms with Gasteiger partial charge in [-0.1, -0.05) is 24.6 Å². The Labute approximate surface area is 174 Å². The number of carbonyl (C=O) groups excluding carboxylic acids is 1. The van der Waals surface area contributed by atoms with Crippen LogP contribution in [0.15, 0.2) is 23.3 Å². The molecule has 5 nitrogen and oxygen atoms in total. The molecule has 1 amide bonds. The van der Waals surface area contributed by atoms with Gasteiger partial charge in [0.15, 0.2) is 0 Å². The molecule has 3 aromatic rings. The van der Waals surface area contributed by atoms with E-state index in [1.807, 2.05) is 32.9 Å². The Morgan fingerprint density at radius 1 is 1.28 bits per heavy atom. The number of carbonyl (C=O) groups is 1. The van der Waals surface area contributed by atoms with E-state index in [0.29, 0.717) is 11.3 Å². The van der Waals surface area contributed by atoms with Crippen molar-refractivity contribution in [2.24, 2.45) is 5.92 Å². The second kappa shape index (κ2) is 7.41. The van der Waals surface area contributed by atoms with Gasteiger partial charge in [0, 0.05) is 10.6 Å². The number of amides is 1. The Hall–Kier alpha value is -2.47.